The van der Waals surface area contributed by atoms with E-state index in [9.17, 15) is 8.42 Å². The number of H-pyrrole nitrogens is 1. The summed E-state index contributed by atoms with van der Waals surface area (Å²) in [6, 6.07) is 0. The van der Waals surface area contributed by atoms with Gasteiger partial charge in [0.05, 0.1) is 6.20 Å². The summed E-state index contributed by atoms with van der Waals surface area (Å²) in [5, 5.41) is 5.90. The van der Waals surface area contributed by atoms with Crippen LogP contribution in [0.5, 0.6) is 0 Å². The molecule has 0 radical (unpaired) electrons. The van der Waals surface area contributed by atoms with E-state index in [0.717, 1.165) is 0 Å². The van der Waals surface area contributed by atoms with Crippen molar-refractivity contribution >= 4 is 15.8 Å². The van der Waals surface area contributed by atoms with Crippen molar-refractivity contribution in [3.63, 3.8) is 0 Å². The molecule has 0 aliphatic rings. The first kappa shape index (κ1) is 12.0. The minimum absolute atomic E-state index is 0.0279. The second-order valence-corrected chi connectivity index (χ2v) is 4.63. The molecule has 4 N–H and O–H groups in total. The number of nitrogens with two attached hydrogens (primary N) is 1. The Bertz CT molecular complexity index is 400. The zero-order chi connectivity index (χ0) is 11.3. The molecule has 86 valence electrons. The topological polar surface area (TPSA) is 110 Å². The van der Waals surface area contributed by atoms with Crippen LogP contribution in [0.2, 0.25) is 0 Å². The van der Waals surface area contributed by atoms with Gasteiger partial charge in [0.25, 0.3) is 0 Å². The Labute approximate surface area is 88.1 Å². The normalized spacial score (nSPS) is 11.8. The first-order valence-corrected chi connectivity index (χ1v) is 5.83. The van der Waals surface area contributed by atoms with E-state index in [4.69, 9.17) is 10.5 Å². The van der Waals surface area contributed by atoms with Crippen LogP contribution >= 0.6 is 0 Å². The van der Waals surface area contributed by atoms with Crippen LogP contribution in [0.3, 0.4) is 0 Å². The summed E-state index contributed by atoms with van der Waals surface area (Å²) in [4.78, 5) is -0.0279. The Morgan fingerprint density at radius 1 is 1.67 bits per heavy atom. The number of sulfonamides is 1. The molecule has 0 aliphatic carbocycles. The van der Waals surface area contributed by atoms with Crippen molar-refractivity contribution in [1.82, 2.24) is 14.9 Å². The van der Waals surface area contributed by atoms with Crippen LogP contribution in [-0.4, -0.2) is 38.9 Å². The lowest BCUT2D eigenvalue weighted by Crippen LogP contribution is -2.25. The molecule has 1 aromatic heterocycles. The third-order valence-electron chi connectivity index (χ3n) is 1.74. The molecule has 0 aromatic carbocycles. The van der Waals surface area contributed by atoms with E-state index in [2.05, 4.69) is 14.9 Å². The first-order valence-electron chi connectivity index (χ1n) is 4.35. The molecule has 0 spiro atoms. The average Bonchev–Trinajstić information content (AvgIpc) is 2.60. The summed E-state index contributed by atoms with van der Waals surface area (Å²) in [7, 11) is -1.99. The summed E-state index contributed by atoms with van der Waals surface area (Å²) in [5.41, 5.74) is 5.40. The zero-order valence-electron chi connectivity index (χ0n) is 8.36. The summed E-state index contributed by atoms with van der Waals surface area (Å²) in [5.74, 6) is 0.0363. The third-order valence-corrected chi connectivity index (χ3v) is 3.23. The predicted octanol–water partition coefficient (Wildman–Crippen LogP) is -0.693. The number of aromatic amines is 1. The highest BCUT2D eigenvalue weighted by molar-refractivity contribution is 7.89. The van der Waals surface area contributed by atoms with Crippen molar-refractivity contribution in [2.45, 2.75) is 11.3 Å². The molecule has 15 heavy (non-hydrogen) atoms. The van der Waals surface area contributed by atoms with Crippen LogP contribution in [0, 0.1) is 0 Å². The average molecular weight is 234 g/mol. The van der Waals surface area contributed by atoms with Crippen LogP contribution in [0.4, 0.5) is 5.82 Å². The van der Waals surface area contributed by atoms with Crippen molar-refractivity contribution < 1.29 is 13.2 Å². The van der Waals surface area contributed by atoms with Gasteiger partial charge in [-0.15, -0.1) is 0 Å². The molecule has 0 unspecified atom stereocenters. The molecule has 0 aliphatic heterocycles. The fourth-order valence-electron chi connectivity index (χ4n) is 1.00. The quantitative estimate of drug-likeness (QED) is 0.564. The largest absolute Gasteiger partial charge is 0.385 e. The van der Waals surface area contributed by atoms with Crippen molar-refractivity contribution in [3.05, 3.63) is 6.20 Å². The molecular weight excluding hydrogens is 220 g/mol. The molecule has 0 saturated carbocycles. The van der Waals surface area contributed by atoms with Crippen molar-refractivity contribution in [1.29, 1.82) is 0 Å². The van der Waals surface area contributed by atoms with Gasteiger partial charge in [-0.05, 0) is 6.42 Å². The minimum atomic E-state index is -3.55. The number of hydrogen-bond acceptors (Lipinski definition) is 5. The molecule has 1 aromatic rings. The van der Waals surface area contributed by atoms with E-state index in [1.165, 1.54) is 6.20 Å². The van der Waals surface area contributed by atoms with Gasteiger partial charge in [0.15, 0.2) is 0 Å². The van der Waals surface area contributed by atoms with E-state index in [-0.39, 0.29) is 10.7 Å². The highest BCUT2D eigenvalue weighted by Gasteiger charge is 2.18. The molecule has 7 nitrogen and oxygen atoms in total. The van der Waals surface area contributed by atoms with Gasteiger partial charge in [-0.1, -0.05) is 0 Å². The van der Waals surface area contributed by atoms with Gasteiger partial charge in [0, 0.05) is 20.3 Å². The van der Waals surface area contributed by atoms with Crippen LogP contribution in [0.1, 0.15) is 6.42 Å². The lowest BCUT2D eigenvalue weighted by atomic mass is 10.5. The van der Waals surface area contributed by atoms with E-state index in [1.54, 1.807) is 7.11 Å². The van der Waals surface area contributed by atoms with Crippen molar-refractivity contribution in [3.8, 4) is 0 Å². The summed E-state index contributed by atoms with van der Waals surface area (Å²) >= 11 is 0. The van der Waals surface area contributed by atoms with Gasteiger partial charge in [-0.25, -0.2) is 13.1 Å². The standard InChI is InChI=1S/C7H14N4O3S/c1-14-4-2-3-10-15(12,13)6-5-9-11-7(6)8/h5,10H,2-4H2,1H3,(H3,8,9,11). The minimum Gasteiger partial charge on any atom is -0.385 e. The number of nitrogens with zero attached hydrogens (tertiary/aromatic N) is 1. The van der Waals surface area contributed by atoms with Gasteiger partial charge in [0.2, 0.25) is 10.0 Å². The Kier molecular flexibility index (Phi) is 4.06. The zero-order valence-corrected chi connectivity index (χ0v) is 9.17. The lowest BCUT2D eigenvalue weighted by Gasteiger charge is -2.04. The molecule has 1 heterocycles. The van der Waals surface area contributed by atoms with Crippen LogP contribution in [0.25, 0.3) is 0 Å². The van der Waals surface area contributed by atoms with Crippen molar-refractivity contribution in [2.75, 3.05) is 26.0 Å². The maximum Gasteiger partial charge on any atom is 0.245 e. The Morgan fingerprint density at radius 3 is 2.93 bits per heavy atom. The molecule has 1 rings (SSSR count). The van der Waals surface area contributed by atoms with Crippen molar-refractivity contribution in [2.24, 2.45) is 0 Å². The third kappa shape index (κ3) is 3.18. The van der Waals surface area contributed by atoms with E-state index in [0.29, 0.717) is 19.6 Å². The van der Waals surface area contributed by atoms with Crippen LogP contribution < -0.4 is 10.5 Å². The first-order chi connectivity index (χ1) is 7.08. The molecule has 0 amide bonds. The lowest BCUT2D eigenvalue weighted by molar-refractivity contribution is 0.196. The van der Waals surface area contributed by atoms with Gasteiger partial charge in [-0.2, -0.15) is 5.10 Å². The monoisotopic (exact) mass is 234 g/mol. The number of methoxy groups -OCH3 is 1. The molecular formula is C7H14N4O3S. The van der Waals surface area contributed by atoms with Gasteiger partial charge in [-0.3, -0.25) is 5.10 Å². The Hall–Kier alpha value is -1.12. The summed E-state index contributed by atoms with van der Waals surface area (Å²) in [6.45, 7) is 0.810. The predicted molar refractivity (Wildman–Crippen MR) is 54.7 cm³/mol. The van der Waals surface area contributed by atoms with E-state index < -0.39 is 10.0 Å². The Morgan fingerprint density at radius 2 is 2.40 bits per heavy atom. The molecule has 0 atom stereocenters. The second kappa shape index (κ2) is 5.10. The van der Waals surface area contributed by atoms with E-state index >= 15 is 0 Å². The maximum atomic E-state index is 11.6. The number of ether oxygens (including phenoxy) is 1. The summed E-state index contributed by atoms with van der Waals surface area (Å²) in [6.07, 6.45) is 1.78. The number of rotatable bonds is 6. The number of nitrogens with one attached hydrogen (secondary N) is 2. The SMILES string of the molecule is COCCCNS(=O)(=O)c1cn[nH]c1N. The molecule has 0 saturated heterocycles. The maximum absolute atomic E-state index is 11.6. The van der Waals surface area contributed by atoms with Gasteiger partial charge >= 0.3 is 0 Å². The van der Waals surface area contributed by atoms with Crippen LogP contribution in [-0.2, 0) is 14.8 Å². The summed E-state index contributed by atoms with van der Waals surface area (Å²) < 4.78 is 30.4. The second-order valence-electron chi connectivity index (χ2n) is 2.89. The molecule has 0 bridgehead atoms. The Balaban J connectivity index is 2.57. The molecule has 0 fully saturated rings. The van der Waals surface area contributed by atoms with E-state index in [1.807, 2.05) is 0 Å². The fourth-order valence-corrected chi connectivity index (χ4v) is 2.10. The number of nitrogen functional groups attached to an aromatic ring is 1. The fraction of sp³-hybridized carbons (Fsp3) is 0.571. The highest BCUT2D eigenvalue weighted by Crippen LogP contribution is 2.12. The van der Waals surface area contributed by atoms with Gasteiger partial charge < -0.3 is 10.5 Å². The number of aromatic nitrogens is 2. The van der Waals surface area contributed by atoms with Gasteiger partial charge in [0.1, 0.15) is 10.7 Å². The van der Waals surface area contributed by atoms with Crippen LogP contribution in [0.15, 0.2) is 11.1 Å². The molecule has 8 heteroatoms. The highest BCUT2D eigenvalue weighted by atomic mass is 32.2. The smallest absolute Gasteiger partial charge is 0.245 e. The number of anilines is 1. The number of hydrogen-bond donors (Lipinski definition) is 3.